The highest BCUT2D eigenvalue weighted by atomic mass is 127. The van der Waals surface area contributed by atoms with E-state index < -0.39 is 4.92 Å². The molecule has 0 aliphatic rings. The summed E-state index contributed by atoms with van der Waals surface area (Å²) in [6.07, 6.45) is 0. The van der Waals surface area contributed by atoms with Gasteiger partial charge in [0.05, 0.1) is 10.5 Å². The smallest absolute Gasteiger partial charge is 0.293 e. The molecule has 0 radical (unpaired) electrons. The van der Waals surface area contributed by atoms with Crippen LogP contribution in [0.15, 0.2) is 12.1 Å². The number of nitrogens with zero attached hydrogens (tertiary/aromatic N) is 2. The van der Waals surface area contributed by atoms with Crippen LogP contribution < -0.4 is 5.73 Å². The summed E-state index contributed by atoms with van der Waals surface area (Å²) in [6.45, 7) is 0. The summed E-state index contributed by atoms with van der Waals surface area (Å²) in [5.74, 6) is 0. The summed E-state index contributed by atoms with van der Waals surface area (Å²) in [5, 5.41) is 19.0. The van der Waals surface area contributed by atoms with Crippen molar-refractivity contribution in [3.05, 3.63) is 31.4 Å². The van der Waals surface area contributed by atoms with Crippen molar-refractivity contribution >= 4 is 34.0 Å². The molecule has 0 amide bonds. The lowest BCUT2D eigenvalue weighted by Crippen LogP contribution is -1.97. The number of nitro benzene ring substituents is 1. The van der Waals surface area contributed by atoms with E-state index in [1.165, 1.54) is 12.1 Å². The highest BCUT2D eigenvalue weighted by Crippen LogP contribution is 2.26. The van der Waals surface area contributed by atoms with Crippen molar-refractivity contribution in [1.82, 2.24) is 0 Å². The summed E-state index contributed by atoms with van der Waals surface area (Å²) >= 11 is 1.85. The first-order chi connectivity index (χ1) is 6.06. The normalized spacial score (nSPS) is 9.23. The van der Waals surface area contributed by atoms with Crippen molar-refractivity contribution in [3.63, 3.8) is 0 Å². The van der Waals surface area contributed by atoms with Crippen LogP contribution >= 0.6 is 22.6 Å². The maximum atomic E-state index is 10.4. The van der Waals surface area contributed by atoms with E-state index in [1.54, 1.807) is 0 Å². The van der Waals surface area contributed by atoms with E-state index in [4.69, 9.17) is 11.0 Å². The lowest BCUT2D eigenvalue weighted by atomic mass is 10.2. The zero-order valence-electron chi connectivity index (χ0n) is 6.32. The third-order valence-corrected chi connectivity index (χ3v) is 2.33. The second-order valence-corrected chi connectivity index (χ2v) is 3.42. The maximum Gasteiger partial charge on any atom is 0.293 e. The van der Waals surface area contributed by atoms with Gasteiger partial charge in [-0.25, -0.2) is 0 Å². The van der Waals surface area contributed by atoms with E-state index >= 15 is 0 Å². The molecule has 0 aromatic heterocycles. The Hall–Kier alpha value is -1.36. The average molecular weight is 289 g/mol. The van der Waals surface area contributed by atoms with Gasteiger partial charge in [0.2, 0.25) is 0 Å². The summed E-state index contributed by atoms with van der Waals surface area (Å²) < 4.78 is 0.529. The lowest BCUT2D eigenvalue weighted by molar-refractivity contribution is -0.384. The second kappa shape index (κ2) is 3.57. The summed E-state index contributed by atoms with van der Waals surface area (Å²) in [6, 6.07) is 4.48. The highest BCUT2D eigenvalue weighted by molar-refractivity contribution is 14.1. The molecular weight excluding hydrogens is 285 g/mol. The first-order valence-corrected chi connectivity index (χ1v) is 4.27. The van der Waals surface area contributed by atoms with E-state index in [1.807, 2.05) is 28.7 Å². The number of nitriles is 1. The number of hydrogen-bond acceptors (Lipinski definition) is 4. The third-order valence-electron chi connectivity index (χ3n) is 1.43. The number of nitrogens with two attached hydrogens (primary N) is 1. The monoisotopic (exact) mass is 289 g/mol. The van der Waals surface area contributed by atoms with Crippen LogP contribution in [0.1, 0.15) is 5.56 Å². The Kier molecular flexibility index (Phi) is 2.67. The molecule has 0 aliphatic carbocycles. The number of nitro groups is 1. The van der Waals surface area contributed by atoms with Gasteiger partial charge < -0.3 is 5.73 Å². The van der Waals surface area contributed by atoms with Crippen LogP contribution in [0.5, 0.6) is 0 Å². The first-order valence-electron chi connectivity index (χ1n) is 3.19. The number of anilines is 1. The zero-order chi connectivity index (χ0) is 10.0. The van der Waals surface area contributed by atoms with Crippen molar-refractivity contribution in [3.8, 4) is 6.07 Å². The molecule has 1 rings (SSSR count). The number of halogens is 1. The quantitative estimate of drug-likeness (QED) is 0.368. The molecule has 0 spiro atoms. The van der Waals surface area contributed by atoms with Gasteiger partial charge in [-0.05, 0) is 28.7 Å². The molecule has 0 atom stereocenters. The van der Waals surface area contributed by atoms with E-state index in [0.29, 0.717) is 9.13 Å². The van der Waals surface area contributed by atoms with E-state index in [2.05, 4.69) is 0 Å². The molecule has 13 heavy (non-hydrogen) atoms. The fourth-order valence-corrected chi connectivity index (χ4v) is 1.39. The van der Waals surface area contributed by atoms with Gasteiger partial charge in [-0.2, -0.15) is 5.26 Å². The van der Waals surface area contributed by atoms with Crippen LogP contribution in [0.2, 0.25) is 0 Å². The Morgan fingerprint density at radius 3 is 2.69 bits per heavy atom. The molecule has 0 saturated heterocycles. The van der Waals surface area contributed by atoms with Gasteiger partial charge >= 0.3 is 0 Å². The van der Waals surface area contributed by atoms with Gasteiger partial charge in [-0.3, -0.25) is 10.1 Å². The summed E-state index contributed by atoms with van der Waals surface area (Å²) in [5.41, 5.74) is 5.57. The highest BCUT2D eigenvalue weighted by Gasteiger charge is 2.14. The van der Waals surface area contributed by atoms with Crippen LogP contribution in [0.25, 0.3) is 0 Å². The van der Waals surface area contributed by atoms with E-state index in [0.717, 1.165) is 0 Å². The van der Waals surface area contributed by atoms with E-state index in [9.17, 15) is 10.1 Å². The minimum atomic E-state index is -0.571. The first kappa shape index (κ1) is 9.73. The molecule has 66 valence electrons. The Morgan fingerprint density at radius 2 is 2.23 bits per heavy atom. The van der Waals surface area contributed by atoms with E-state index in [-0.39, 0.29) is 11.4 Å². The standard InChI is InChI=1S/C7H4IN3O2/c8-5-2-7(11(12)13)6(10)1-4(5)3-9/h1-2H,10H2. The molecule has 6 heteroatoms. The van der Waals surface area contributed by atoms with Gasteiger partial charge in [0.15, 0.2) is 0 Å². The van der Waals surface area contributed by atoms with Gasteiger partial charge in [0.25, 0.3) is 5.69 Å². The fraction of sp³-hybridized carbons (Fsp3) is 0. The van der Waals surface area contributed by atoms with Crippen molar-refractivity contribution in [2.24, 2.45) is 0 Å². The molecule has 2 N–H and O–H groups in total. The largest absolute Gasteiger partial charge is 0.393 e. The predicted molar refractivity (Wildman–Crippen MR) is 54.9 cm³/mol. The number of nitrogen functional groups attached to an aromatic ring is 1. The minimum absolute atomic E-state index is 0.0157. The van der Waals surface area contributed by atoms with Crippen molar-refractivity contribution in [2.75, 3.05) is 5.73 Å². The summed E-state index contributed by atoms with van der Waals surface area (Å²) in [7, 11) is 0. The minimum Gasteiger partial charge on any atom is -0.393 e. The molecular formula is C7H4IN3O2. The third kappa shape index (κ3) is 1.86. The lowest BCUT2D eigenvalue weighted by Gasteiger charge is -1.99. The van der Waals surface area contributed by atoms with Crippen LogP contribution in [-0.4, -0.2) is 4.92 Å². The molecule has 1 aromatic rings. The van der Waals surface area contributed by atoms with Crippen LogP contribution in [0, 0.1) is 25.0 Å². The van der Waals surface area contributed by atoms with Gasteiger partial charge in [0.1, 0.15) is 11.8 Å². The number of hydrogen-bond donors (Lipinski definition) is 1. The molecule has 1 aromatic carbocycles. The summed E-state index contributed by atoms with van der Waals surface area (Å²) in [4.78, 5) is 9.84. The van der Waals surface area contributed by atoms with Crippen LogP contribution in [-0.2, 0) is 0 Å². The molecule has 0 aliphatic heterocycles. The molecule has 0 heterocycles. The number of benzene rings is 1. The molecule has 5 nitrogen and oxygen atoms in total. The SMILES string of the molecule is N#Cc1cc(N)c([N+](=O)[O-])cc1I. The Labute approximate surface area is 87.4 Å². The van der Waals surface area contributed by atoms with Crippen LogP contribution in [0.4, 0.5) is 11.4 Å². The Balaban J connectivity index is 3.39. The zero-order valence-corrected chi connectivity index (χ0v) is 8.48. The van der Waals surface area contributed by atoms with Gasteiger partial charge in [-0.15, -0.1) is 0 Å². The fourth-order valence-electron chi connectivity index (χ4n) is 0.823. The Morgan fingerprint density at radius 1 is 1.62 bits per heavy atom. The molecule has 0 unspecified atom stereocenters. The van der Waals surface area contributed by atoms with Crippen LogP contribution in [0.3, 0.4) is 0 Å². The van der Waals surface area contributed by atoms with Crippen molar-refractivity contribution < 1.29 is 4.92 Å². The van der Waals surface area contributed by atoms with Crippen molar-refractivity contribution in [1.29, 1.82) is 5.26 Å². The maximum absolute atomic E-state index is 10.4. The van der Waals surface area contributed by atoms with Crippen molar-refractivity contribution in [2.45, 2.75) is 0 Å². The van der Waals surface area contributed by atoms with Gasteiger partial charge in [-0.1, -0.05) is 0 Å². The average Bonchev–Trinajstić information content (AvgIpc) is 2.07. The van der Waals surface area contributed by atoms with Gasteiger partial charge in [0, 0.05) is 9.64 Å². The predicted octanol–water partition coefficient (Wildman–Crippen LogP) is 1.65. The molecule has 0 bridgehead atoms. The Bertz CT molecular complexity index is 411. The topological polar surface area (TPSA) is 93.0 Å². The molecule has 0 fully saturated rings. The second-order valence-electron chi connectivity index (χ2n) is 2.26. The number of rotatable bonds is 1. The molecule has 0 saturated carbocycles.